The van der Waals surface area contributed by atoms with Crippen LogP contribution in [0, 0.1) is 0 Å². The number of carbonyl (C=O) groups is 2. The van der Waals surface area contributed by atoms with E-state index in [1.54, 1.807) is 38.1 Å². The van der Waals surface area contributed by atoms with Crippen molar-refractivity contribution < 1.29 is 43.5 Å². The number of aliphatic carboxylic acids is 2. The Morgan fingerprint density at radius 2 is 1.27 bits per heavy atom. The van der Waals surface area contributed by atoms with Gasteiger partial charge in [0.15, 0.2) is 0 Å². The molecule has 2 aromatic rings. The summed E-state index contributed by atoms with van der Waals surface area (Å²) in [4.78, 5) is 21.7. The molecule has 9 nitrogen and oxygen atoms in total. The number of para-hydroxylation sites is 2. The van der Waals surface area contributed by atoms with Gasteiger partial charge in [0.2, 0.25) is 6.29 Å². The topological polar surface area (TPSA) is 121 Å². The second-order valence-corrected chi connectivity index (χ2v) is 7.48. The van der Waals surface area contributed by atoms with Crippen molar-refractivity contribution in [1.29, 1.82) is 0 Å². The molecule has 0 fully saturated rings. The molecule has 0 aliphatic carbocycles. The zero-order chi connectivity index (χ0) is 27.7. The first kappa shape index (κ1) is 31.4. The highest BCUT2D eigenvalue weighted by Gasteiger charge is 2.37. The Morgan fingerprint density at radius 3 is 1.70 bits per heavy atom. The molecule has 9 heteroatoms. The van der Waals surface area contributed by atoms with Crippen molar-refractivity contribution >= 4 is 11.9 Å². The Kier molecular flexibility index (Phi) is 14.3. The third-order valence-electron chi connectivity index (χ3n) is 4.56. The van der Waals surface area contributed by atoms with Gasteiger partial charge in [-0.25, -0.2) is 9.59 Å². The summed E-state index contributed by atoms with van der Waals surface area (Å²) in [6, 6.07) is 18.1. The summed E-state index contributed by atoms with van der Waals surface area (Å²) in [6.07, 6.45) is -0.567. The molecule has 1 unspecified atom stereocenters. The fourth-order valence-electron chi connectivity index (χ4n) is 2.94. The molecule has 1 atom stereocenters. The molecule has 0 spiro atoms. The van der Waals surface area contributed by atoms with Gasteiger partial charge in [-0.05, 0) is 45.0 Å². The highest BCUT2D eigenvalue weighted by molar-refractivity contribution is 5.86. The van der Waals surface area contributed by atoms with Gasteiger partial charge in [0.05, 0.1) is 19.6 Å². The van der Waals surface area contributed by atoms with Gasteiger partial charge in [0.25, 0.3) is 0 Å². The van der Waals surface area contributed by atoms with Crippen LogP contribution >= 0.6 is 0 Å². The Hall–Kier alpha value is -3.66. The van der Waals surface area contributed by atoms with Gasteiger partial charge in [0.1, 0.15) is 11.5 Å². The number of rotatable bonds is 16. The molecule has 2 aromatic carbocycles. The van der Waals surface area contributed by atoms with E-state index >= 15 is 0 Å². The smallest absolute Gasteiger partial charge is 0.331 e. The molecule has 37 heavy (non-hydrogen) atoms. The minimum absolute atomic E-state index is 0.0390. The maximum atomic E-state index is 11.0. The third-order valence-corrected chi connectivity index (χ3v) is 4.56. The van der Waals surface area contributed by atoms with E-state index in [-0.39, 0.29) is 24.0 Å². The van der Waals surface area contributed by atoms with E-state index in [1.807, 2.05) is 43.3 Å². The Morgan fingerprint density at radius 1 is 0.784 bits per heavy atom. The van der Waals surface area contributed by atoms with Crippen LogP contribution in [0.15, 0.2) is 85.0 Å². The highest BCUT2D eigenvalue weighted by Crippen LogP contribution is 2.27. The first-order valence-corrected chi connectivity index (χ1v) is 11.8. The molecule has 0 aliphatic heterocycles. The lowest BCUT2D eigenvalue weighted by molar-refractivity contribution is -0.339. The second-order valence-electron chi connectivity index (χ2n) is 7.48. The predicted molar refractivity (Wildman–Crippen MR) is 138 cm³/mol. The molecule has 0 saturated carbocycles. The van der Waals surface area contributed by atoms with Crippen LogP contribution in [0.4, 0.5) is 0 Å². The summed E-state index contributed by atoms with van der Waals surface area (Å²) >= 11 is 0. The summed E-state index contributed by atoms with van der Waals surface area (Å²) in [6.45, 7) is 13.4. The van der Waals surface area contributed by atoms with Crippen LogP contribution in [-0.4, -0.2) is 54.2 Å². The zero-order valence-corrected chi connectivity index (χ0v) is 21.6. The van der Waals surface area contributed by atoms with E-state index < -0.39 is 24.2 Å². The van der Waals surface area contributed by atoms with Crippen molar-refractivity contribution in [2.75, 3.05) is 19.8 Å². The van der Waals surface area contributed by atoms with Crippen LogP contribution in [0.1, 0.15) is 33.6 Å². The molecule has 0 heterocycles. The zero-order valence-electron chi connectivity index (χ0n) is 21.6. The Balaban J connectivity index is 0.000000375. The Bertz CT molecular complexity index is 968. The molecule has 0 saturated heterocycles. The number of hydrogen-bond donors (Lipinski definition) is 2. The standard InChI is InChI=1S/C15H20O5.C13H16O4/c1-4-18-15(19-5-2,11-12(3)14(16)17)20-13-9-7-6-8-10-13;1-3-16-12(9-10(2)13(14)15)17-11-7-5-4-6-8-11/h6-10H,3-5,11H2,1-2H3,(H,16,17);4-8,12H,2-3,9H2,1H3,(H,14,15). The normalized spacial score (nSPS) is 11.4. The highest BCUT2D eigenvalue weighted by atomic mass is 16.9. The molecule has 2 N–H and O–H groups in total. The summed E-state index contributed by atoms with van der Waals surface area (Å²) in [5.74, 6) is -2.44. The summed E-state index contributed by atoms with van der Waals surface area (Å²) in [7, 11) is 0. The molecular formula is C28H36O9. The van der Waals surface area contributed by atoms with E-state index in [1.165, 1.54) is 0 Å². The number of carboxylic acid groups (broad SMARTS) is 2. The van der Waals surface area contributed by atoms with E-state index in [9.17, 15) is 9.59 Å². The van der Waals surface area contributed by atoms with E-state index in [0.29, 0.717) is 31.3 Å². The minimum atomic E-state index is -1.47. The molecule has 0 amide bonds. The monoisotopic (exact) mass is 516 g/mol. The molecule has 0 bridgehead atoms. The van der Waals surface area contributed by atoms with Gasteiger partial charge in [-0.1, -0.05) is 49.6 Å². The fourth-order valence-corrected chi connectivity index (χ4v) is 2.94. The van der Waals surface area contributed by atoms with Crippen molar-refractivity contribution in [3.8, 4) is 11.5 Å². The van der Waals surface area contributed by atoms with Crippen LogP contribution in [0.5, 0.6) is 11.5 Å². The fraction of sp³-hybridized carbons (Fsp3) is 0.357. The van der Waals surface area contributed by atoms with Crippen LogP contribution in [0.25, 0.3) is 0 Å². The van der Waals surface area contributed by atoms with Crippen molar-refractivity contribution in [1.82, 2.24) is 0 Å². The molecule has 2 rings (SSSR count). The van der Waals surface area contributed by atoms with Gasteiger partial charge >= 0.3 is 17.9 Å². The molecule has 0 radical (unpaired) electrons. The van der Waals surface area contributed by atoms with Crippen molar-refractivity contribution in [2.24, 2.45) is 0 Å². The number of benzene rings is 2. The van der Waals surface area contributed by atoms with Gasteiger partial charge in [-0.2, -0.15) is 0 Å². The SMILES string of the molecule is C=C(CC(OCC)(OCC)Oc1ccccc1)C(=O)O.C=C(CC(OCC)Oc1ccccc1)C(=O)O. The Labute approximate surface area is 217 Å². The van der Waals surface area contributed by atoms with Crippen molar-refractivity contribution in [3.63, 3.8) is 0 Å². The lowest BCUT2D eigenvalue weighted by Crippen LogP contribution is -2.43. The lowest BCUT2D eigenvalue weighted by Gasteiger charge is -2.33. The van der Waals surface area contributed by atoms with Gasteiger partial charge in [-0.3, -0.25) is 0 Å². The van der Waals surface area contributed by atoms with E-state index in [4.69, 9.17) is 33.9 Å². The molecule has 0 aliphatic rings. The third kappa shape index (κ3) is 12.2. The van der Waals surface area contributed by atoms with Crippen LogP contribution < -0.4 is 9.47 Å². The number of ether oxygens (including phenoxy) is 5. The van der Waals surface area contributed by atoms with Gasteiger partial charge < -0.3 is 33.9 Å². The van der Waals surface area contributed by atoms with Crippen LogP contribution in [0.2, 0.25) is 0 Å². The first-order valence-electron chi connectivity index (χ1n) is 11.8. The molecule has 202 valence electrons. The maximum Gasteiger partial charge on any atom is 0.331 e. The van der Waals surface area contributed by atoms with E-state index in [2.05, 4.69) is 13.2 Å². The van der Waals surface area contributed by atoms with Crippen LogP contribution in [-0.2, 0) is 23.8 Å². The van der Waals surface area contributed by atoms with Gasteiger partial charge in [0, 0.05) is 24.2 Å². The van der Waals surface area contributed by atoms with Crippen molar-refractivity contribution in [2.45, 2.75) is 45.9 Å². The second kappa shape index (κ2) is 16.9. The largest absolute Gasteiger partial charge is 0.478 e. The maximum absolute atomic E-state index is 11.0. The molecular weight excluding hydrogens is 480 g/mol. The number of carboxylic acids is 2. The van der Waals surface area contributed by atoms with E-state index in [0.717, 1.165) is 0 Å². The quantitative estimate of drug-likeness (QED) is 0.227. The average Bonchev–Trinajstić information content (AvgIpc) is 2.86. The average molecular weight is 517 g/mol. The molecule has 0 aromatic heterocycles. The summed E-state index contributed by atoms with van der Waals surface area (Å²) in [5.41, 5.74) is 0.0298. The van der Waals surface area contributed by atoms with Gasteiger partial charge in [-0.15, -0.1) is 0 Å². The number of hydrogen-bond acceptors (Lipinski definition) is 7. The lowest BCUT2D eigenvalue weighted by atomic mass is 10.2. The first-order chi connectivity index (χ1) is 17.7. The predicted octanol–water partition coefficient (Wildman–Crippen LogP) is 5.28. The summed E-state index contributed by atoms with van der Waals surface area (Å²) in [5, 5.41) is 17.7. The minimum Gasteiger partial charge on any atom is -0.478 e. The van der Waals surface area contributed by atoms with Crippen molar-refractivity contribution in [3.05, 3.63) is 85.0 Å². The van der Waals surface area contributed by atoms with Crippen LogP contribution in [0.3, 0.4) is 0 Å². The summed E-state index contributed by atoms with van der Waals surface area (Å²) < 4.78 is 27.6.